The van der Waals surface area contributed by atoms with Gasteiger partial charge in [-0.25, -0.2) is 10.8 Å². The Kier molecular flexibility index (Phi) is 9.46. The van der Waals surface area contributed by atoms with E-state index in [2.05, 4.69) is 29.6 Å². The third kappa shape index (κ3) is 7.78. The van der Waals surface area contributed by atoms with Crippen molar-refractivity contribution in [2.45, 2.75) is 32.9 Å². The lowest BCUT2D eigenvalue weighted by Crippen LogP contribution is -2.47. The minimum atomic E-state index is 0.0922. The number of hydrogen-bond acceptors (Lipinski definition) is 4. The van der Waals surface area contributed by atoms with Crippen molar-refractivity contribution in [2.24, 2.45) is 10.8 Å². The van der Waals surface area contributed by atoms with E-state index in [1.54, 1.807) is 7.11 Å². The van der Waals surface area contributed by atoms with Crippen LogP contribution in [0, 0.1) is 0 Å². The Morgan fingerprint density at radius 2 is 2.19 bits per heavy atom. The SMILES string of the molecule is CCSCC(C)NC(=NC(C)COC)NN. The molecular formula is C10H24N4OS. The van der Waals surface area contributed by atoms with Crippen LogP contribution in [0.25, 0.3) is 0 Å². The normalized spacial score (nSPS) is 15.7. The number of guanidine groups is 1. The number of ether oxygens (including phenoxy) is 1. The summed E-state index contributed by atoms with van der Waals surface area (Å²) in [6.07, 6.45) is 0. The zero-order chi connectivity index (χ0) is 12.4. The van der Waals surface area contributed by atoms with E-state index in [0.717, 1.165) is 11.5 Å². The third-order valence-electron chi connectivity index (χ3n) is 1.85. The summed E-state index contributed by atoms with van der Waals surface area (Å²) in [5, 5.41) is 3.23. The van der Waals surface area contributed by atoms with E-state index in [1.807, 2.05) is 18.7 Å². The zero-order valence-corrected chi connectivity index (χ0v) is 11.4. The predicted molar refractivity (Wildman–Crippen MR) is 71.7 cm³/mol. The van der Waals surface area contributed by atoms with Gasteiger partial charge in [-0.05, 0) is 19.6 Å². The lowest BCUT2D eigenvalue weighted by molar-refractivity contribution is 0.185. The van der Waals surface area contributed by atoms with Crippen molar-refractivity contribution < 1.29 is 4.74 Å². The maximum absolute atomic E-state index is 5.40. The van der Waals surface area contributed by atoms with Gasteiger partial charge in [0.15, 0.2) is 0 Å². The van der Waals surface area contributed by atoms with Crippen LogP contribution < -0.4 is 16.6 Å². The Hall–Kier alpha value is -0.460. The summed E-state index contributed by atoms with van der Waals surface area (Å²) in [6.45, 7) is 6.82. The molecule has 6 heteroatoms. The highest BCUT2D eigenvalue weighted by molar-refractivity contribution is 7.99. The minimum absolute atomic E-state index is 0.0922. The molecule has 96 valence electrons. The van der Waals surface area contributed by atoms with E-state index in [4.69, 9.17) is 10.6 Å². The first-order valence-electron chi connectivity index (χ1n) is 5.51. The smallest absolute Gasteiger partial charge is 0.206 e. The van der Waals surface area contributed by atoms with Gasteiger partial charge in [-0.2, -0.15) is 11.8 Å². The summed E-state index contributed by atoms with van der Waals surface area (Å²) in [5.74, 6) is 8.18. The van der Waals surface area contributed by atoms with Crippen LogP contribution in [-0.2, 0) is 4.74 Å². The number of nitrogens with two attached hydrogens (primary N) is 1. The largest absolute Gasteiger partial charge is 0.382 e. The monoisotopic (exact) mass is 248 g/mol. The summed E-state index contributed by atoms with van der Waals surface area (Å²) < 4.78 is 5.01. The van der Waals surface area contributed by atoms with Gasteiger partial charge in [0.05, 0.1) is 12.6 Å². The van der Waals surface area contributed by atoms with Gasteiger partial charge in [-0.3, -0.25) is 5.43 Å². The molecule has 2 unspecified atom stereocenters. The van der Waals surface area contributed by atoms with E-state index in [9.17, 15) is 0 Å². The minimum Gasteiger partial charge on any atom is -0.382 e. The highest BCUT2D eigenvalue weighted by Crippen LogP contribution is 2.01. The lowest BCUT2D eigenvalue weighted by Gasteiger charge is -2.17. The van der Waals surface area contributed by atoms with Crippen molar-refractivity contribution in [3.05, 3.63) is 0 Å². The number of nitrogens with one attached hydrogen (secondary N) is 2. The molecule has 0 aliphatic carbocycles. The van der Waals surface area contributed by atoms with Gasteiger partial charge in [0.25, 0.3) is 0 Å². The van der Waals surface area contributed by atoms with Crippen LogP contribution in [0.4, 0.5) is 0 Å². The fraction of sp³-hybridized carbons (Fsp3) is 0.900. The summed E-state index contributed by atoms with van der Waals surface area (Å²) in [5.41, 5.74) is 2.57. The molecule has 0 rings (SSSR count). The molecule has 0 amide bonds. The summed E-state index contributed by atoms with van der Waals surface area (Å²) in [6, 6.07) is 0.434. The molecule has 0 aromatic rings. The van der Waals surface area contributed by atoms with Crippen molar-refractivity contribution in [3.8, 4) is 0 Å². The molecule has 0 aromatic carbocycles. The van der Waals surface area contributed by atoms with Crippen molar-refractivity contribution in [3.63, 3.8) is 0 Å². The number of nitrogens with zero attached hydrogens (tertiary/aromatic N) is 1. The van der Waals surface area contributed by atoms with Crippen molar-refractivity contribution in [2.75, 3.05) is 25.2 Å². The van der Waals surface area contributed by atoms with Gasteiger partial charge in [0.1, 0.15) is 0 Å². The van der Waals surface area contributed by atoms with E-state index in [-0.39, 0.29) is 6.04 Å². The number of hydrogen-bond donors (Lipinski definition) is 3. The molecule has 0 aliphatic heterocycles. The highest BCUT2D eigenvalue weighted by Gasteiger charge is 2.06. The first-order chi connectivity index (χ1) is 7.63. The average molecular weight is 248 g/mol. The quantitative estimate of drug-likeness (QED) is 0.266. The molecule has 2 atom stereocenters. The third-order valence-corrected chi connectivity index (χ3v) is 2.99. The molecule has 0 radical (unpaired) electrons. The van der Waals surface area contributed by atoms with Crippen LogP contribution in [0.3, 0.4) is 0 Å². The standard InChI is InChI=1S/C10H24N4OS/c1-5-16-7-9(3)13-10(14-11)12-8(2)6-15-4/h8-9H,5-7,11H2,1-4H3,(H2,12,13,14). The number of aliphatic imine (C=N–C) groups is 1. The molecule has 4 N–H and O–H groups in total. The van der Waals surface area contributed by atoms with Crippen LogP contribution in [-0.4, -0.2) is 43.3 Å². The van der Waals surface area contributed by atoms with Gasteiger partial charge in [0.2, 0.25) is 5.96 Å². The molecule has 0 aliphatic rings. The Labute approximate surface area is 103 Å². The van der Waals surface area contributed by atoms with E-state index < -0.39 is 0 Å². The molecular weight excluding hydrogens is 224 g/mol. The number of rotatable bonds is 7. The number of methoxy groups -OCH3 is 1. The zero-order valence-electron chi connectivity index (χ0n) is 10.6. The second-order valence-corrected chi connectivity index (χ2v) is 4.95. The van der Waals surface area contributed by atoms with Gasteiger partial charge < -0.3 is 10.1 Å². The topological polar surface area (TPSA) is 71.7 Å². The van der Waals surface area contributed by atoms with Gasteiger partial charge >= 0.3 is 0 Å². The van der Waals surface area contributed by atoms with E-state index in [0.29, 0.717) is 18.6 Å². The fourth-order valence-corrected chi connectivity index (χ4v) is 1.86. The molecule has 0 saturated heterocycles. The van der Waals surface area contributed by atoms with Crippen LogP contribution in [0.2, 0.25) is 0 Å². The average Bonchev–Trinajstić information content (AvgIpc) is 2.25. The summed E-state index contributed by atoms with van der Waals surface area (Å²) in [4.78, 5) is 4.37. The molecule has 0 fully saturated rings. The maximum Gasteiger partial charge on any atom is 0.206 e. The number of thioether (sulfide) groups is 1. The van der Waals surface area contributed by atoms with Crippen LogP contribution in [0.1, 0.15) is 20.8 Å². The molecule has 5 nitrogen and oxygen atoms in total. The molecule has 0 heterocycles. The Bertz CT molecular complexity index is 201. The molecule has 0 saturated carbocycles. The molecule has 0 aromatic heterocycles. The van der Waals surface area contributed by atoms with Crippen LogP contribution in [0.15, 0.2) is 4.99 Å². The van der Waals surface area contributed by atoms with Gasteiger partial charge in [-0.1, -0.05) is 6.92 Å². The molecule has 0 bridgehead atoms. The summed E-state index contributed by atoms with van der Waals surface area (Å²) >= 11 is 1.89. The molecule has 16 heavy (non-hydrogen) atoms. The highest BCUT2D eigenvalue weighted by atomic mass is 32.2. The lowest BCUT2D eigenvalue weighted by atomic mass is 10.4. The van der Waals surface area contributed by atoms with Crippen molar-refractivity contribution in [1.82, 2.24) is 10.7 Å². The van der Waals surface area contributed by atoms with Crippen molar-refractivity contribution >= 4 is 17.7 Å². The number of hydrazine groups is 1. The van der Waals surface area contributed by atoms with Crippen molar-refractivity contribution in [1.29, 1.82) is 0 Å². The second kappa shape index (κ2) is 9.74. The van der Waals surface area contributed by atoms with E-state index >= 15 is 0 Å². The molecule has 0 spiro atoms. The van der Waals surface area contributed by atoms with Gasteiger partial charge in [-0.15, -0.1) is 0 Å². The predicted octanol–water partition coefficient (Wildman–Crippen LogP) is 0.572. The first kappa shape index (κ1) is 15.5. The van der Waals surface area contributed by atoms with Crippen LogP contribution in [0.5, 0.6) is 0 Å². The van der Waals surface area contributed by atoms with Gasteiger partial charge in [0, 0.05) is 18.9 Å². The second-order valence-electron chi connectivity index (χ2n) is 3.63. The Morgan fingerprint density at radius 3 is 2.69 bits per heavy atom. The Balaban J connectivity index is 4.06. The van der Waals surface area contributed by atoms with E-state index in [1.165, 1.54) is 0 Å². The fourth-order valence-electron chi connectivity index (χ4n) is 1.18. The Morgan fingerprint density at radius 1 is 1.50 bits per heavy atom. The summed E-state index contributed by atoms with van der Waals surface area (Å²) in [7, 11) is 1.66. The van der Waals surface area contributed by atoms with Crippen LogP contribution >= 0.6 is 11.8 Å². The first-order valence-corrected chi connectivity index (χ1v) is 6.67. The maximum atomic E-state index is 5.40.